The Morgan fingerprint density at radius 2 is 1.85 bits per heavy atom. The zero-order valence-electron chi connectivity index (χ0n) is 11.4. The maximum Gasteiger partial charge on any atom is 0.178 e. The van der Waals surface area contributed by atoms with E-state index in [0.717, 1.165) is 20.3 Å². The quantitative estimate of drug-likeness (QED) is 0.617. The van der Waals surface area contributed by atoms with E-state index in [1.54, 1.807) is 0 Å². The van der Waals surface area contributed by atoms with Gasteiger partial charge in [-0.15, -0.1) is 0 Å². The van der Waals surface area contributed by atoms with E-state index in [9.17, 15) is 0 Å². The maximum atomic E-state index is 5.50. The molecule has 3 aromatic rings. The van der Waals surface area contributed by atoms with Gasteiger partial charge in [-0.2, -0.15) is 0 Å². The van der Waals surface area contributed by atoms with Crippen LogP contribution in [-0.2, 0) is 0 Å². The van der Waals surface area contributed by atoms with E-state index in [1.165, 1.54) is 11.1 Å². The summed E-state index contributed by atoms with van der Waals surface area (Å²) < 4.78 is 4.03. The highest BCUT2D eigenvalue weighted by molar-refractivity contribution is 9.10. The van der Waals surface area contributed by atoms with E-state index in [4.69, 9.17) is 12.2 Å². The van der Waals surface area contributed by atoms with Gasteiger partial charge >= 0.3 is 0 Å². The molecule has 0 spiro atoms. The number of fused-ring (bicyclic) bond motifs is 1. The molecule has 0 aliphatic heterocycles. The van der Waals surface area contributed by atoms with Crippen molar-refractivity contribution < 1.29 is 0 Å². The minimum atomic E-state index is 0.201. The number of benzene rings is 2. The Kier molecular flexibility index (Phi) is 3.52. The van der Waals surface area contributed by atoms with Gasteiger partial charge in [-0.3, -0.25) is 0 Å². The van der Waals surface area contributed by atoms with Crippen LogP contribution in [-0.4, -0.2) is 9.55 Å². The van der Waals surface area contributed by atoms with Gasteiger partial charge in [-0.1, -0.05) is 34.1 Å². The summed E-state index contributed by atoms with van der Waals surface area (Å²) in [5, 5.41) is 0. The van der Waals surface area contributed by atoms with Gasteiger partial charge in [0.2, 0.25) is 0 Å². The summed E-state index contributed by atoms with van der Waals surface area (Å²) in [5.41, 5.74) is 4.72. The molecule has 1 N–H and O–H groups in total. The summed E-state index contributed by atoms with van der Waals surface area (Å²) in [5.74, 6) is 0. The summed E-state index contributed by atoms with van der Waals surface area (Å²) in [6, 6.07) is 15.0. The number of rotatable bonds is 2. The van der Waals surface area contributed by atoms with Crippen LogP contribution in [0.2, 0.25) is 0 Å². The van der Waals surface area contributed by atoms with Crippen molar-refractivity contribution in [1.82, 2.24) is 9.55 Å². The topological polar surface area (TPSA) is 20.7 Å². The Balaban J connectivity index is 2.16. The summed E-state index contributed by atoms with van der Waals surface area (Å²) in [4.78, 5) is 3.30. The van der Waals surface area contributed by atoms with Gasteiger partial charge in [0, 0.05) is 4.47 Å². The number of hydrogen-bond donors (Lipinski definition) is 1. The van der Waals surface area contributed by atoms with Gasteiger partial charge < -0.3 is 9.55 Å². The molecule has 2 nitrogen and oxygen atoms in total. The smallest absolute Gasteiger partial charge is 0.178 e. The summed E-state index contributed by atoms with van der Waals surface area (Å²) >= 11 is 8.97. The first-order chi connectivity index (χ1) is 9.56. The minimum absolute atomic E-state index is 0.201. The van der Waals surface area contributed by atoms with Crippen LogP contribution in [0.1, 0.15) is 24.1 Å². The average molecular weight is 347 g/mol. The Hall–Kier alpha value is -1.39. The molecule has 0 aliphatic rings. The molecule has 3 rings (SSSR count). The Labute approximate surface area is 131 Å². The van der Waals surface area contributed by atoms with Crippen molar-refractivity contribution in [3.05, 3.63) is 62.8 Å². The van der Waals surface area contributed by atoms with Crippen molar-refractivity contribution in [1.29, 1.82) is 0 Å². The molecule has 1 atom stereocenters. The highest BCUT2D eigenvalue weighted by Crippen LogP contribution is 2.26. The van der Waals surface area contributed by atoms with Crippen LogP contribution in [0.4, 0.5) is 0 Å². The third-order valence-electron chi connectivity index (χ3n) is 3.61. The summed E-state index contributed by atoms with van der Waals surface area (Å²) in [7, 11) is 0. The van der Waals surface area contributed by atoms with Gasteiger partial charge in [-0.25, -0.2) is 0 Å². The van der Waals surface area contributed by atoms with Crippen LogP contribution >= 0.6 is 28.1 Å². The van der Waals surface area contributed by atoms with Crippen LogP contribution in [0.5, 0.6) is 0 Å². The lowest BCUT2D eigenvalue weighted by atomic mass is 10.1. The molecule has 0 amide bonds. The number of aromatic amines is 1. The molecular weight excluding hydrogens is 332 g/mol. The van der Waals surface area contributed by atoms with E-state index in [2.05, 4.69) is 81.8 Å². The average Bonchev–Trinajstić information content (AvgIpc) is 2.73. The van der Waals surface area contributed by atoms with Crippen molar-refractivity contribution in [2.75, 3.05) is 0 Å². The van der Waals surface area contributed by atoms with Crippen molar-refractivity contribution in [2.45, 2.75) is 19.9 Å². The molecule has 1 aromatic heterocycles. The second kappa shape index (κ2) is 5.19. The van der Waals surface area contributed by atoms with Crippen LogP contribution in [0.25, 0.3) is 11.0 Å². The fourth-order valence-electron chi connectivity index (χ4n) is 2.52. The van der Waals surface area contributed by atoms with Gasteiger partial charge in [0.15, 0.2) is 4.77 Å². The number of halogens is 1. The molecular formula is C16H15BrN2S. The van der Waals surface area contributed by atoms with E-state index in [1.807, 2.05) is 0 Å². The van der Waals surface area contributed by atoms with E-state index in [0.29, 0.717) is 0 Å². The van der Waals surface area contributed by atoms with Gasteiger partial charge in [0.05, 0.1) is 17.1 Å². The summed E-state index contributed by atoms with van der Waals surface area (Å²) in [6.07, 6.45) is 0. The fourth-order valence-corrected chi connectivity index (χ4v) is 3.15. The van der Waals surface area contributed by atoms with Gasteiger partial charge in [0.25, 0.3) is 0 Å². The zero-order valence-corrected chi connectivity index (χ0v) is 13.8. The molecule has 1 heterocycles. The van der Waals surface area contributed by atoms with Gasteiger partial charge in [-0.05, 0) is 61.5 Å². The van der Waals surface area contributed by atoms with Crippen LogP contribution < -0.4 is 0 Å². The molecule has 102 valence electrons. The van der Waals surface area contributed by atoms with Crippen molar-refractivity contribution in [2.24, 2.45) is 0 Å². The standard InChI is InChI=1S/C16H15BrN2S/c1-10-3-8-15-14(9-10)18-16(20)19(15)11(2)12-4-6-13(17)7-5-12/h3-9,11H,1-2H3,(H,18,20). The number of H-pyrrole nitrogens is 1. The maximum absolute atomic E-state index is 5.50. The number of imidazole rings is 1. The Morgan fingerprint density at radius 1 is 1.15 bits per heavy atom. The molecule has 0 saturated carbocycles. The fraction of sp³-hybridized carbons (Fsp3) is 0.188. The predicted octanol–water partition coefficient (Wildman–Crippen LogP) is 5.38. The van der Waals surface area contributed by atoms with Crippen LogP contribution in [0.15, 0.2) is 46.9 Å². The third kappa shape index (κ3) is 2.34. The molecule has 0 bridgehead atoms. The monoisotopic (exact) mass is 346 g/mol. The molecule has 0 radical (unpaired) electrons. The van der Waals surface area contributed by atoms with Crippen LogP contribution in [0, 0.1) is 11.7 Å². The van der Waals surface area contributed by atoms with E-state index < -0.39 is 0 Å². The SMILES string of the molecule is Cc1ccc2c(c1)[nH]c(=S)n2C(C)c1ccc(Br)cc1. The molecule has 0 aliphatic carbocycles. The largest absolute Gasteiger partial charge is 0.331 e. The van der Waals surface area contributed by atoms with E-state index >= 15 is 0 Å². The lowest BCUT2D eigenvalue weighted by Crippen LogP contribution is -2.06. The predicted molar refractivity (Wildman–Crippen MR) is 89.8 cm³/mol. The van der Waals surface area contributed by atoms with Crippen molar-refractivity contribution in [3.8, 4) is 0 Å². The molecule has 20 heavy (non-hydrogen) atoms. The molecule has 0 saturated heterocycles. The lowest BCUT2D eigenvalue weighted by molar-refractivity contribution is 0.649. The number of aromatic nitrogens is 2. The first-order valence-corrected chi connectivity index (χ1v) is 7.73. The molecule has 4 heteroatoms. The van der Waals surface area contributed by atoms with Gasteiger partial charge in [0.1, 0.15) is 0 Å². The molecule has 1 unspecified atom stereocenters. The normalized spacial score (nSPS) is 12.8. The molecule has 0 fully saturated rings. The molecule has 2 aromatic carbocycles. The summed E-state index contributed by atoms with van der Waals surface area (Å²) in [6.45, 7) is 4.26. The minimum Gasteiger partial charge on any atom is -0.331 e. The second-order valence-corrected chi connectivity index (χ2v) is 6.35. The van der Waals surface area contributed by atoms with Crippen molar-refractivity contribution >= 4 is 39.2 Å². The highest BCUT2D eigenvalue weighted by Gasteiger charge is 2.13. The van der Waals surface area contributed by atoms with Crippen LogP contribution in [0.3, 0.4) is 0 Å². The van der Waals surface area contributed by atoms with E-state index in [-0.39, 0.29) is 6.04 Å². The third-order valence-corrected chi connectivity index (χ3v) is 4.44. The zero-order chi connectivity index (χ0) is 14.3. The second-order valence-electron chi connectivity index (χ2n) is 5.05. The first-order valence-electron chi connectivity index (χ1n) is 6.52. The first kappa shape index (κ1) is 13.6. The number of hydrogen-bond acceptors (Lipinski definition) is 1. The number of nitrogens with zero attached hydrogens (tertiary/aromatic N) is 1. The Morgan fingerprint density at radius 3 is 2.55 bits per heavy atom. The van der Waals surface area contributed by atoms with Crippen molar-refractivity contribution in [3.63, 3.8) is 0 Å². The lowest BCUT2D eigenvalue weighted by Gasteiger charge is -2.15. The number of nitrogens with one attached hydrogen (secondary N) is 1. The number of aryl methyl sites for hydroxylation is 1. The Bertz CT molecular complexity index is 815. The highest BCUT2D eigenvalue weighted by atomic mass is 79.9.